The number of nitrogens with zero attached hydrogens (tertiary/aromatic N) is 1. The zero-order valence-corrected chi connectivity index (χ0v) is 12.1. The lowest BCUT2D eigenvalue weighted by atomic mass is 10.0. The number of hydrogen-bond donors (Lipinski definition) is 1. The number of methoxy groups -OCH3 is 1. The van der Waals surface area contributed by atoms with E-state index in [1.54, 1.807) is 7.11 Å². The zero-order valence-electron chi connectivity index (χ0n) is 12.1. The fourth-order valence-electron chi connectivity index (χ4n) is 2.58. The molecule has 0 saturated heterocycles. The second-order valence-corrected chi connectivity index (χ2v) is 5.20. The van der Waals surface area contributed by atoms with Crippen molar-refractivity contribution >= 4 is 0 Å². The highest BCUT2D eigenvalue weighted by Crippen LogP contribution is 2.33. The molecule has 0 radical (unpaired) electrons. The van der Waals surface area contributed by atoms with Crippen molar-refractivity contribution in [3.8, 4) is 0 Å². The van der Waals surface area contributed by atoms with Gasteiger partial charge in [0.25, 0.3) is 0 Å². The molecule has 1 N–H and O–H groups in total. The third kappa shape index (κ3) is 4.30. The normalized spacial score (nSPS) is 16.8. The highest BCUT2D eigenvalue weighted by Gasteiger charge is 2.33. The predicted molar refractivity (Wildman–Crippen MR) is 79.3 cm³/mol. The van der Waals surface area contributed by atoms with Gasteiger partial charge in [0.1, 0.15) is 0 Å². The summed E-state index contributed by atoms with van der Waals surface area (Å²) in [6, 6.07) is 12.0. The second kappa shape index (κ2) is 7.63. The van der Waals surface area contributed by atoms with E-state index in [9.17, 15) is 0 Å². The Morgan fingerprint density at radius 3 is 2.63 bits per heavy atom. The molecule has 1 unspecified atom stereocenters. The zero-order chi connectivity index (χ0) is 13.5. The standard InChI is InChI=1S/C16H26N2O/c1-3-17-13-16(14-7-5-4-6-8-14)18(11-12-19-2)15-9-10-15/h4-8,15-17H,3,9-13H2,1-2H3. The quantitative estimate of drug-likeness (QED) is 0.740. The van der Waals surface area contributed by atoms with Gasteiger partial charge in [-0.05, 0) is 24.9 Å². The first-order valence-corrected chi connectivity index (χ1v) is 7.37. The maximum absolute atomic E-state index is 5.28. The molecule has 1 aliphatic carbocycles. The Bertz CT molecular complexity index is 351. The molecule has 0 spiro atoms. The number of nitrogens with one attached hydrogen (secondary N) is 1. The summed E-state index contributed by atoms with van der Waals surface area (Å²) in [6.45, 7) is 6.03. The van der Waals surface area contributed by atoms with Crippen LogP contribution in [-0.2, 0) is 4.74 Å². The smallest absolute Gasteiger partial charge is 0.0590 e. The van der Waals surface area contributed by atoms with E-state index in [4.69, 9.17) is 4.74 Å². The molecule has 3 heteroatoms. The van der Waals surface area contributed by atoms with Crippen molar-refractivity contribution in [2.24, 2.45) is 0 Å². The molecule has 1 atom stereocenters. The monoisotopic (exact) mass is 262 g/mol. The van der Waals surface area contributed by atoms with E-state index < -0.39 is 0 Å². The number of hydrogen-bond acceptors (Lipinski definition) is 3. The van der Waals surface area contributed by atoms with E-state index in [0.717, 1.165) is 32.3 Å². The Hall–Kier alpha value is -0.900. The average molecular weight is 262 g/mol. The molecule has 106 valence electrons. The van der Waals surface area contributed by atoms with Crippen LogP contribution < -0.4 is 5.32 Å². The van der Waals surface area contributed by atoms with E-state index in [-0.39, 0.29) is 0 Å². The average Bonchev–Trinajstić information content (AvgIpc) is 3.28. The molecular weight excluding hydrogens is 236 g/mol. The summed E-state index contributed by atoms with van der Waals surface area (Å²) in [4.78, 5) is 2.61. The van der Waals surface area contributed by atoms with E-state index in [1.165, 1.54) is 18.4 Å². The third-order valence-electron chi connectivity index (χ3n) is 3.74. The van der Waals surface area contributed by atoms with E-state index >= 15 is 0 Å². The molecule has 0 aromatic heterocycles. The number of benzene rings is 1. The molecule has 1 saturated carbocycles. The van der Waals surface area contributed by atoms with Gasteiger partial charge in [0.15, 0.2) is 0 Å². The van der Waals surface area contributed by atoms with Gasteiger partial charge in [-0.15, -0.1) is 0 Å². The number of ether oxygens (including phenoxy) is 1. The first-order valence-electron chi connectivity index (χ1n) is 7.37. The van der Waals surface area contributed by atoms with Gasteiger partial charge in [-0.2, -0.15) is 0 Å². The maximum atomic E-state index is 5.28. The topological polar surface area (TPSA) is 24.5 Å². The molecule has 1 aromatic rings. The van der Waals surface area contributed by atoms with Crippen LogP contribution >= 0.6 is 0 Å². The van der Waals surface area contributed by atoms with E-state index in [2.05, 4.69) is 47.5 Å². The lowest BCUT2D eigenvalue weighted by molar-refractivity contribution is 0.112. The molecule has 2 rings (SSSR count). The number of rotatable bonds is 9. The molecule has 19 heavy (non-hydrogen) atoms. The summed E-state index contributed by atoms with van der Waals surface area (Å²) >= 11 is 0. The maximum Gasteiger partial charge on any atom is 0.0590 e. The summed E-state index contributed by atoms with van der Waals surface area (Å²) in [6.07, 6.45) is 2.67. The van der Waals surface area contributed by atoms with Crippen LogP contribution in [0, 0.1) is 0 Å². The Morgan fingerprint density at radius 2 is 2.05 bits per heavy atom. The SMILES string of the molecule is CCNCC(c1ccccc1)N(CCOC)C1CC1. The van der Waals surface area contributed by atoms with Gasteiger partial charge in [0.2, 0.25) is 0 Å². The van der Waals surface area contributed by atoms with Crippen molar-refractivity contribution in [3.63, 3.8) is 0 Å². The molecule has 0 bridgehead atoms. The Balaban J connectivity index is 2.09. The van der Waals surface area contributed by atoms with Gasteiger partial charge < -0.3 is 10.1 Å². The van der Waals surface area contributed by atoms with Crippen molar-refractivity contribution in [1.82, 2.24) is 10.2 Å². The highest BCUT2D eigenvalue weighted by atomic mass is 16.5. The van der Waals surface area contributed by atoms with Gasteiger partial charge in [-0.1, -0.05) is 37.3 Å². The van der Waals surface area contributed by atoms with Gasteiger partial charge in [0, 0.05) is 32.3 Å². The molecular formula is C16H26N2O. The minimum absolute atomic E-state index is 0.462. The Labute approximate surface area is 116 Å². The second-order valence-electron chi connectivity index (χ2n) is 5.20. The summed E-state index contributed by atoms with van der Waals surface area (Å²) < 4.78 is 5.28. The van der Waals surface area contributed by atoms with Crippen LogP contribution in [-0.4, -0.2) is 44.3 Å². The summed E-state index contributed by atoms with van der Waals surface area (Å²) in [5, 5.41) is 3.50. The van der Waals surface area contributed by atoms with Crippen molar-refractivity contribution in [3.05, 3.63) is 35.9 Å². The Kier molecular flexibility index (Phi) is 5.83. The molecule has 0 heterocycles. The van der Waals surface area contributed by atoms with Crippen LogP contribution in [0.15, 0.2) is 30.3 Å². The number of likely N-dealkylation sites (N-methyl/N-ethyl adjacent to an activating group) is 1. The first kappa shape index (κ1) is 14.5. The van der Waals surface area contributed by atoms with Crippen molar-refractivity contribution in [2.75, 3.05) is 33.4 Å². The van der Waals surface area contributed by atoms with E-state index in [1.807, 2.05) is 0 Å². The predicted octanol–water partition coefficient (Wildman–Crippen LogP) is 2.45. The van der Waals surface area contributed by atoms with Gasteiger partial charge in [-0.3, -0.25) is 4.90 Å². The summed E-state index contributed by atoms with van der Waals surface area (Å²) in [5.74, 6) is 0. The first-order chi connectivity index (χ1) is 9.36. The van der Waals surface area contributed by atoms with Gasteiger partial charge >= 0.3 is 0 Å². The van der Waals surface area contributed by atoms with Gasteiger partial charge in [-0.25, -0.2) is 0 Å². The lowest BCUT2D eigenvalue weighted by Crippen LogP contribution is -2.39. The Morgan fingerprint density at radius 1 is 1.32 bits per heavy atom. The summed E-state index contributed by atoms with van der Waals surface area (Å²) in [7, 11) is 1.78. The van der Waals surface area contributed by atoms with Crippen LogP contribution in [0.1, 0.15) is 31.4 Å². The highest BCUT2D eigenvalue weighted by molar-refractivity contribution is 5.20. The molecule has 3 nitrogen and oxygen atoms in total. The lowest BCUT2D eigenvalue weighted by Gasteiger charge is -2.32. The molecule has 1 aliphatic rings. The van der Waals surface area contributed by atoms with E-state index in [0.29, 0.717) is 6.04 Å². The minimum atomic E-state index is 0.462. The van der Waals surface area contributed by atoms with Crippen LogP contribution in [0.4, 0.5) is 0 Å². The van der Waals surface area contributed by atoms with Crippen LogP contribution in [0.5, 0.6) is 0 Å². The summed E-state index contributed by atoms with van der Waals surface area (Å²) in [5.41, 5.74) is 1.41. The van der Waals surface area contributed by atoms with Gasteiger partial charge in [0.05, 0.1) is 6.61 Å². The van der Waals surface area contributed by atoms with Crippen molar-refractivity contribution < 1.29 is 4.74 Å². The third-order valence-corrected chi connectivity index (χ3v) is 3.74. The molecule has 1 fully saturated rings. The fourth-order valence-corrected chi connectivity index (χ4v) is 2.58. The largest absolute Gasteiger partial charge is 0.383 e. The molecule has 0 aliphatic heterocycles. The fraction of sp³-hybridized carbons (Fsp3) is 0.625. The molecule has 1 aromatic carbocycles. The molecule has 0 amide bonds. The minimum Gasteiger partial charge on any atom is -0.383 e. The van der Waals surface area contributed by atoms with Crippen LogP contribution in [0.3, 0.4) is 0 Å². The van der Waals surface area contributed by atoms with Crippen LogP contribution in [0.2, 0.25) is 0 Å². The van der Waals surface area contributed by atoms with Crippen LogP contribution in [0.25, 0.3) is 0 Å². The van der Waals surface area contributed by atoms with Crippen molar-refractivity contribution in [2.45, 2.75) is 31.8 Å². The van der Waals surface area contributed by atoms with Crippen molar-refractivity contribution in [1.29, 1.82) is 0 Å².